The van der Waals surface area contributed by atoms with Crippen molar-refractivity contribution in [2.45, 2.75) is 20.3 Å². The van der Waals surface area contributed by atoms with E-state index in [9.17, 15) is 9.18 Å². The van der Waals surface area contributed by atoms with Gasteiger partial charge < -0.3 is 4.74 Å². The second-order valence-corrected chi connectivity index (χ2v) is 5.48. The van der Waals surface area contributed by atoms with Gasteiger partial charge in [0.15, 0.2) is 0 Å². The molecule has 0 bridgehead atoms. The summed E-state index contributed by atoms with van der Waals surface area (Å²) in [7, 11) is 1.56. The molecule has 110 valence electrons. The van der Waals surface area contributed by atoms with E-state index in [1.807, 2.05) is 6.07 Å². The summed E-state index contributed by atoms with van der Waals surface area (Å²) in [5.41, 5.74) is 2.90. The van der Waals surface area contributed by atoms with Crippen molar-refractivity contribution in [2.75, 3.05) is 7.11 Å². The smallest absolute Gasteiger partial charge is 0.150 e. The van der Waals surface area contributed by atoms with Crippen molar-refractivity contribution in [3.8, 4) is 16.9 Å². The number of halogens is 1. The molecule has 0 aromatic heterocycles. The first-order valence-electron chi connectivity index (χ1n) is 6.97. The summed E-state index contributed by atoms with van der Waals surface area (Å²) in [6.07, 6.45) is 1.60. The number of aldehydes is 1. The molecule has 2 aromatic carbocycles. The number of hydrogen-bond acceptors (Lipinski definition) is 2. The van der Waals surface area contributed by atoms with Gasteiger partial charge in [-0.05, 0) is 47.7 Å². The molecule has 0 heterocycles. The van der Waals surface area contributed by atoms with Gasteiger partial charge in [-0.1, -0.05) is 26.0 Å². The van der Waals surface area contributed by atoms with Crippen molar-refractivity contribution >= 4 is 6.29 Å². The molecular formula is C18H19FO2. The largest absolute Gasteiger partial charge is 0.497 e. The third kappa shape index (κ3) is 3.48. The Balaban J connectivity index is 2.59. The summed E-state index contributed by atoms with van der Waals surface area (Å²) < 4.78 is 19.3. The minimum Gasteiger partial charge on any atom is -0.497 e. The van der Waals surface area contributed by atoms with Crippen LogP contribution in [0, 0.1) is 11.7 Å². The van der Waals surface area contributed by atoms with Crippen LogP contribution in [0.4, 0.5) is 4.39 Å². The SMILES string of the molecule is COc1ccc(F)c(-c2ccc(C=O)cc2CC(C)C)c1. The van der Waals surface area contributed by atoms with Gasteiger partial charge in [0, 0.05) is 11.1 Å². The molecule has 0 aliphatic carbocycles. The minimum absolute atomic E-state index is 0.292. The Morgan fingerprint density at radius 1 is 1.14 bits per heavy atom. The summed E-state index contributed by atoms with van der Waals surface area (Å²) in [4.78, 5) is 11.0. The zero-order chi connectivity index (χ0) is 15.4. The molecule has 0 spiro atoms. The number of ether oxygens (including phenoxy) is 1. The predicted molar refractivity (Wildman–Crippen MR) is 82.3 cm³/mol. The number of carbonyl (C=O) groups is 1. The van der Waals surface area contributed by atoms with E-state index in [4.69, 9.17) is 4.74 Å². The molecule has 0 atom stereocenters. The molecule has 0 saturated heterocycles. The summed E-state index contributed by atoms with van der Waals surface area (Å²) in [5, 5.41) is 0. The van der Waals surface area contributed by atoms with Crippen molar-refractivity contribution in [1.82, 2.24) is 0 Å². The van der Waals surface area contributed by atoms with Gasteiger partial charge in [-0.25, -0.2) is 4.39 Å². The quantitative estimate of drug-likeness (QED) is 0.756. The van der Waals surface area contributed by atoms with Gasteiger partial charge in [0.25, 0.3) is 0 Å². The fraction of sp³-hybridized carbons (Fsp3) is 0.278. The minimum atomic E-state index is -0.292. The van der Waals surface area contributed by atoms with Gasteiger partial charge in [-0.3, -0.25) is 4.79 Å². The molecule has 2 nitrogen and oxygen atoms in total. The summed E-state index contributed by atoms with van der Waals surface area (Å²) >= 11 is 0. The molecule has 0 aliphatic heterocycles. The fourth-order valence-electron chi connectivity index (χ4n) is 2.40. The standard InChI is InChI=1S/C18H19FO2/c1-12(2)8-14-9-13(11-20)4-6-16(14)17-10-15(21-3)5-7-18(17)19/h4-7,9-12H,8H2,1-3H3. The van der Waals surface area contributed by atoms with E-state index in [-0.39, 0.29) is 5.82 Å². The Morgan fingerprint density at radius 3 is 2.52 bits per heavy atom. The first-order valence-corrected chi connectivity index (χ1v) is 6.97. The van der Waals surface area contributed by atoms with E-state index in [2.05, 4.69) is 13.8 Å². The number of rotatable bonds is 5. The van der Waals surface area contributed by atoms with Crippen LogP contribution in [0.2, 0.25) is 0 Å². The van der Waals surface area contributed by atoms with Crippen LogP contribution < -0.4 is 4.74 Å². The summed E-state index contributed by atoms with van der Waals surface area (Å²) in [5.74, 6) is 0.736. The zero-order valence-electron chi connectivity index (χ0n) is 12.5. The van der Waals surface area contributed by atoms with Crippen LogP contribution in [0.5, 0.6) is 5.75 Å². The van der Waals surface area contributed by atoms with Gasteiger partial charge in [-0.2, -0.15) is 0 Å². The third-order valence-electron chi connectivity index (χ3n) is 3.36. The first kappa shape index (κ1) is 15.2. The Hall–Kier alpha value is -2.16. The van der Waals surface area contributed by atoms with Crippen LogP contribution in [-0.4, -0.2) is 13.4 Å². The highest BCUT2D eigenvalue weighted by Crippen LogP contribution is 2.31. The van der Waals surface area contributed by atoms with Crippen LogP contribution in [0.25, 0.3) is 11.1 Å². The normalized spacial score (nSPS) is 10.7. The molecule has 0 aliphatic rings. The van der Waals surface area contributed by atoms with Crippen molar-refractivity contribution in [2.24, 2.45) is 5.92 Å². The van der Waals surface area contributed by atoms with Crippen LogP contribution >= 0.6 is 0 Å². The van der Waals surface area contributed by atoms with Gasteiger partial charge >= 0.3 is 0 Å². The number of methoxy groups -OCH3 is 1. The van der Waals surface area contributed by atoms with Crippen molar-refractivity contribution in [3.05, 3.63) is 53.3 Å². The van der Waals surface area contributed by atoms with E-state index in [1.54, 1.807) is 31.4 Å². The van der Waals surface area contributed by atoms with Crippen molar-refractivity contribution in [3.63, 3.8) is 0 Å². The lowest BCUT2D eigenvalue weighted by atomic mass is 9.92. The van der Waals surface area contributed by atoms with Crippen molar-refractivity contribution < 1.29 is 13.9 Å². The average molecular weight is 286 g/mol. The molecule has 3 heteroatoms. The van der Waals surface area contributed by atoms with E-state index in [1.165, 1.54) is 6.07 Å². The van der Waals surface area contributed by atoms with Crippen molar-refractivity contribution in [1.29, 1.82) is 0 Å². The van der Waals surface area contributed by atoms with Crippen LogP contribution in [0.3, 0.4) is 0 Å². The third-order valence-corrected chi connectivity index (χ3v) is 3.36. The molecule has 2 aromatic rings. The predicted octanol–water partition coefficient (Wildman–Crippen LogP) is 4.51. The van der Waals surface area contributed by atoms with E-state index < -0.39 is 0 Å². The molecule has 0 fully saturated rings. The van der Waals surface area contributed by atoms with E-state index >= 15 is 0 Å². The number of carbonyl (C=O) groups excluding carboxylic acids is 1. The molecular weight excluding hydrogens is 267 g/mol. The first-order chi connectivity index (χ1) is 10.0. The molecule has 0 amide bonds. The maximum absolute atomic E-state index is 14.2. The lowest BCUT2D eigenvalue weighted by molar-refractivity contribution is 0.112. The van der Waals surface area contributed by atoms with Gasteiger partial charge in [0.1, 0.15) is 17.9 Å². The molecule has 21 heavy (non-hydrogen) atoms. The van der Waals surface area contributed by atoms with Gasteiger partial charge in [0.05, 0.1) is 7.11 Å². The lowest BCUT2D eigenvalue weighted by Crippen LogP contribution is -2.00. The molecule has 2 rings (SSSR count). The Bertz CT molecular complexity index is 648. The monoisotopic (exact) mass is 286 g/mol. The van der Waals surface area contributed by atoms with Gasteiger partial charge in [-0.15, -0.1) is 0 Å². The maximum atomic E-state index is 14.2. The van der Waals surface area contributed by atoms with E-state index in [0.29, 0.717) is 22.8 Å². The van der Waals surface area contributed by atoms with E-state index in [0.717, 1.165) is 23.8 Å². The Morgan fingerprint density at radius 2 is 1.90 bits per heavy atom. The maximum Gasteiger partial charge on any atom is 0.150 e. The highest BCUT2D eigenvalue weighted by Gasteiger charge is 2.13. The molecule has 0 saturated carbocycles. The topological polar surface area (TPSA) is 26.3 Å². The lowest BCUT2D eigenvalue weighted by Gasteiger charge is -2.14. The summed E-state index contributed by atoms with van der Waals surface area (Å²) in [6, 6.07) is 10.0. The highest BCUT2D eigenvalue weighted by molar-refractivity contribution is 5.79. The molecule has 0 radical (unpaired) electrons. The fourth-order valence-corrected chi connectivity index (χ4v) is 2.40. The highest BCUT2D eigenvalue weighted by atomic mass is 19.1. The van der Waals surface area contributed by atoms with Crippen LogP contribution in [0.15, 0.2) is 36.4 Å². The average Bonchev–Trinajstić information content (AvgIpc) is 2.47. The molecule has 0 N–H and O–H groups in total. The Kier molecular flexibility index (Phi) is 4.73. The number of hydrogen-bond donors (Lipinski definition) is 0. The summed E-state index contributed by atoms with van der Waals surface area (Å²) in [6.45, 7) is 4.19. The second-order valence-electron chi connectivity index (χ2n) is 5.48. The zero-order valence-corrected chi connectivity index (χ0v) is 12.5. The number of benzene rings is 2. The molecule has 0 unspecified atom stereocenters. The van der Waals surface area contributed by atoms with Gasteiger partial charge in [0.2, 0.25) is 0 Å². The Labute approximate surface area is 124 Å². The second kappa shape index (κ2) is 6.53. The van der Waals surface area contributed by atoms with Crippen LogP contribution in [-0.2, 0) is 6.42 Å². The van der Waals surface area contributed by atoms with Crippen LogP contribution in [0.1, 0.15) is 29.8 Å².